The molecule has 0 bridgehead atoms. The van der Waals surface area contributed by atoms with E-state index in [4.69, 9.17) is 29.9 Å². The minimum Gasteiger partial charge on any atom is -0.253 e. The molecule has 0 N–H and O–H groups in total. The van der Waals surface area contributed by atoms with Crippen molar-refractivity contribution in [2.45, 2.75) is 25.2 Å². The van der Waals surface area contributed by atoms with Gasteiger partial charge in [-0.05, 0) is 108 Å². The Labute approximate surface area is 363 Å². The third-order valence-electron chi connectivity index (χ3n) is 12.4. The van der Waals surface area contributed by atoms with Crippen molar-refractivity contribution in [3.63, 3.8) is 0 Å². The maximum atomic E-state index is 5.09. The van der Waals surface area contributed by atoms with Crippen molar-refractivity contribution in [1.29, 1.82) is 0 Å². The number of hydrogen-bond donors (Lipinski definition) is 0. The molecule has 3 atom stereocenters. The topological polar surface area (TPSA) is 129 Å². The van der Waals surface area contributed by atoms with Crippen LogP contribution in [0.1, 0.15) is 40.7 Å². The van der Waals surface area contributed by atoms with E-state index in [1.54, 1.807) is 24.8 Å². The lowest BCUT2D eigenvalue weighted by molar-refractivity contribution is 0.463. The van der Waals surface area contributed by atoms with Crippen LogP contribution in [-0.4, -0.2) is 49.8 Å². The summed E-state index contributed by atoms with van der Waals surface area (Å²) in [5.74, 6) is 3.21. The van der Waals surface area contributed by atoms with Crippen molar-refractivity contribution in [2.24, 2.45) is 5.92 Å². The molecule has 0 saturated carbocycles. The van der Waals surface area contributed by atoms with Gasteiger partial charge in [0.1, 0.15) is 22.8 Å². The van der Waals surface area contributed by atoms with Gasteiger partial charge < -0.3 is 0 Å². The SMILES string of the molecule is CC1=CC2C(C=C1)c1ccc(-c3nc(-c4ccccn4)nc(-c4ccccn4)n3)cc1C21c2cc(C)ccc2-c2ccc(-c3nc(-c4ccccn4)nc(-c4ccccn4)n3)cc21. The second-order valence-electron chi connectivity index (χ2n) is 16.2. The quantitative estimate of drug-likeness (QED) is 0.160. The number of fused-ring (bicyclic) bond motifs is 10. The smallest absolute Gasteiger partial charge is 0.182 e. The molecule has 3 aromatic carbocycles. The Morgan fingerprint density at radius 1 is 0.429 bits per heavy atom. The Hall–Kier alpha value is -8.24. The summed E-state index contributed by atoms with van der Waals surface area (Å²) in [5.41, 5.74) is 13.6. The molecule has 0 aliphatic heterocycles. The van der Waals surface area contributed by atoms with E-state index < -0.39 is 5.41 Å². The fourth-order valence-electron chi connectivity index (χ4n) is 9.72. The monoisotopic (exact) mass is 812 g/mol. The zero-order valence-electron chi connectivity index (χ0n) is 34.3. The van der Waals surface area contributed by atoms with Gasteiger partial charge in [-0.2, -0.15) is 0 Å². The van der Waals surface area contributed by atoms with Crippen LogP contribution in [-0.2, 0) is 5.41 Å². The van der Waals surface area contributed by atoms with Crippen LogP contribution in [0.15, 0.2) is 176 Å². The highest BCUT2D eigenvalue weighted by Gasteiger charge is 2.57. The molecule has 298 valence electrons. The zero-order chi connectivity index (χ0) is 42.1. The molecule has 10 heteroatoms. The largest absolute Gasteiger partial charge is 0.253 e. The standard InChI is InChI=1S/C53H36N10/c1-31-15-19-35-37-21-17-33(47-58-49(43-11-3-7-23-54-43)62-50(59-47)44-12-4-8-24-55-44)29-41(37)53(39(35)27-31)40-28-32(2)16-20-36(40)38-22-18-34(30-42(38)53)48-60-51(45-13-5-9-25-56-45)63-52(61-48)46-14-6-10-26-57-46/h3-30,35,39H,1-2H3. The first kappa shape index (κ1) is 36.6. The first-order valence-electron chi connectivity index (χ1n) is 21.0. The number of aromatic nitrogens is 10. The first-order valence-corrected chi connectivity index (χ1v) is 21.0. The van der Waals surface area contributed by atoms with E-state index in [0.29, 0.717) is 57.7 Å². The lowest BCUT2D eigenvalue weighted by Gasteiger charge is -2.37. The predicted octanol–water partition coefficient (Wildman–Crippen LogP) is 10.5. The molecular formula is C53H36N10. The fourth-order valence-corrected chi connectivity index (χ4v) is 9.72. The molecule has 0 fully saturated rings. The fraction of sp³-hybridized carbons (Fsp3) is 0.0943. The third-order valence-corrected chi connectivity index (χ3v) is 12.4. The summed E-state index contributed by atoms with van der Waals surface area (Å²) in [7, 11) is 0. The molecule has 6 heterocycles. The third kappa shape index (κ3) is 5.94. The number of rotatable bonds is 6. The number of hydrogen-bond acceptors (Lipinski definition) is 10. The maximum absolute atomic E-state index is 5.09. The summed E-state index contributed by atoms with van der Waals surface area (Å²) >= 11 is 0. The van der Waals surface area contributed by atoms with E-state index in [9.17, 15) is 0 Å². The summed E-state index contributed by atoms with van der Waals surface area (Å²) in [5, 5.41) is 0. The van der Waals surface area contributed by atoms with Gasteiger partial charge in [-0.1, -0.05) is 96.1 Å². The lowest BCUT2D eigenvalue weighted by atomic mass is 9.64. The van der Waals surface area contributed by atoms with E-state index in [1.165, 1.54) is 44.5 Å². The molecule has 1 spiro atoms. The van der Waals surface area contributed by atoms with Crippen molar-refractivity contribution in [2.75, 3.05) is 0 Å². The molecule has 3 unspecified atom stereocenters. The number of nitrogens with zero attached hydrogens (tertiary/aromatic N) is 10. The number of allylic oxidation sites excluding steroid dienone is 4. The van der Waals surface area contributed by atoms with Crippen LogP contribution in [0.5, 0.6) is 0 Å². The molecule has 0 amide bonds. The Bertz CT molecular complexity index is 3200. The van der Waals surface area contributed by atoms with Crippen molar-refractivity contribution >= 4 is 0 Å². The lowest BCUT2D eigenvalue weighted by Crippen LogP contribution is -2.33. The summed E-state index contributed by atoms with van der Waals surface area (Å²) in [6.45, 7) is 4.38. The van der Waals surface area contributed by atoms with Crippen molar-refractivity contribution in [1.82, 2.24) is 49.8 Å². The van der Waals surface area contributed by atoms with Gasteiger partial charge in [0.25, 0.3) is 0 Å². The Morgan fingerprint density at radius 2 is 0.873 bits per heavy atom. The molecule has 0 saturated heterocycles. The molecular weight excluding hydrogens is 777 g/mol. The van der Waals surface area contributed by atoms with E-state index >= 15 is 0 Å². The molecule has 10 nitrogen and oxygen atoms in total. The Balaban J connectivity index is 1.10. The van der Waals surface area contributed by atoms with Crippen LogP contribution < -0.4 is 0 Å². The molecule has 6 aromatic heterocycles. The van der Waals surface area contributed by atoms with Crippen molar-refractivity contribution in [3.05, 3.63) is 204 Å². The van der Waals surface area contributed by atoms with Gasteiger partial charge in [0.05, 0.1) is 5.41 Å². The summed E-state index contributed by atoms with van der Waals surface area (Å²) in [6.07, 6.45) is 14.1. The average Bonchev–Trinajstić information content (AvgIpc) is 3.80. The minimum absolute atomic E-state index is 0.0721. The molecule has 3 aliphatic rings. The highest BCUT2D eigenvalue weighted by atomic mass is 15.1. The van der Waals surface area contributed by atoms with Crippen molar-refractivity contribution < 1.29 is 0 Å². The van der Waals surface area contributed by atoms with Crippen LogP contribution >= 0.6 is 0 Å². The zero-order valence-corrected chi connectivity index (χ0v) is 34.3. The van der Waals surface area contributed by atoms with Gasteiger partial charge in [-0.15, -0.1) is 0 Å². The normalized spacial score (nSPS) is 17.8. The minimum atomic E-state index is -0.587. The van der Waals surface area contributed by atoms with E-state index in [-0.39, 0.29) is 11.8 Å². The Kier molecular flexibility index (Phi) is 8.40. The number of pyridine rings is 4. The van der Waals surface area contributed by atoms with Gasteiger partial charge in [0.15, 0.2) is 34.9 Å². The molecule has 0 radical (unpaired) electrons. The highest BCUT2D eigenvalue weighted by molar-refractivity contribution is 5.88. The summed E-state index contributed by atoms with van der Waals surface area (Å²) in [6, 6.07) is 43.3. The van der Waals surface area contributed by atoms with Gasteiger partial charge in [-0.25, -0.2) is 29.9 Å². The van der Waals surface area contributed by atoms with E-state index in [0.717, 1.165) is 11.1 Å². The Morgan fingerprint density at radius 3 is 1.37 bits per heavy atom. The number of benzene rings is 3. The van der Waals surface area contributed by atoms with Gasteiger partial charge in [0, 0.05) is 47.8 Å². The first-order chi connectivity index (χ1) is 31.0. The van der Waals surface area contributed by atoms with E-state index in [1.807, 2.05) is 72.8 Å². The average molecular weight is 813 g/mol. The predicted molar refractivity (Wildman–Crippen MR) is 243 cm³/mol. The van der Waals surface area contributed by atoms with Crippen LogP contribution in [0.4, 0.5) is 0 Å². The van der Waals surface area contributed by atoms with Crippen LogP contribution in [0.25, 0.3) is 80.0 Å². The van der Waals surface area contributed by atoms with Crippen LogP contribution in [0.3, 0.4) is 0 Å². The maximum Gasteiger partial charge on any atom is 0.182 e. The molecule has 9 aromatic rings. The van der Waals surface area contributed by atoms with Gasteiger partial charge in [-0.3, -0.25) is 19.9 Å². The van der Waals surface area contributed by atoms with Crippen LogP contribution in [0, 0.1) is 12.8 Å². The summed E-state index contributed by atoms with van der Waals surface area (Å²) in [4.78, 5) is 48.6. The van der Waals surface area contributed by atoms with E-state index in [2.05, 4.69) is 107 Å². The molecule has 63 heavy (non-hydrogen) atoms. The molecule has 12 rings (SSSR count). The highest BCUT2D eigenvalue weighted by Crippen LogP contribution is 2.66. The second kappa shape index (κ2) is 14.5. The summed E-state index contributed by atoms with van der Waals surface area (Å²) < 4.78 is 0. The van der Waals surface area contributed by atoms with Crippen molar-refractivity contribution in [3.8, 4) is 80.0 Å². The second-order valence-corrected chi connectivity index (χ2v) is 16.2. The van der Waals surface area contributed by atoms with Crippen LogP contribution in [0.2, 0.25) is 0 Å². The molecule has 3 aliphatic carbocycles. The van der Waals surface area contributed by atoms with Gasteiger partial charge >= 0.3 is 0 Å². The van der Waals surface area contributed by atoms with Gasteiger partial charge in [0.2, 0.25) is 0 Å². The number of aryl methyl sites for hydroxylation is 1.